The van der Waals surface area contributed by atoms with Gasteiger partial charge >= 0.3 is 6.18 Å². The first-order valence-electron chi connectivity index (χ1n) is 5.83. The average molecular weight is 239 g/mol. The third-order valence-corrected chi connectivity index (χ3v) is 3.10. The summed E-state index contributed by atoms with van der Waals surface area (Å²) in [5, 5.41) is 12.9. The van der Waals surface area contributed by atoms with Gasteiger partial charge in [-0.2, -0.15) is 13.2 Å². The van der Waals surface area contributed by atoms with Crippen LogP contribution < -0.4 is 5.32 Å². The van der Waals surface area contributed by atoms with Gasteiger partial charge < -0.3 is 10.4 Å². The second kappa shape index (κ2) is 5.36. The molecule has 0 aromatic carbocycles. The molecule has 1 unspecified atom stereocenters. The van der Waals surface area contributed by atoms with Crippen molar-refractivity contribution in [2.24, 2.45) is 0 Å². The van der Waals surface area contributed by atoms with E-state index in [-0.39, 0.29) is 6.54 Å². The Bertz CT molecular complexity index is 212. The molecular formula is C11H20F3NO. The van der Waals surface area contributed by atoms with E-state index in [0.29, 0.717) is 12.8 Å². The minimum absolute atomic E-state index is 0.268. The molecule has 0 bridgehead atoms. The number of aliphatic hydroxyl groups is 1. The van der Waals surface area contributed by atoms with Crippen molar-refractivity contribution in [3.05, 3.63) is 0 Å². The van der Waals surface area contributed by atoms with Gasteiger partial charge in [0.2, 0.25) is 0 Å². The lowest BCUT2D eigenvalue weighted by Gasteiger charge is -2.33. The molecular weight excluding hydrogens is 219 g/mol. The molecule has 0 amide bonds. The van der Waals surface area contributed by atoms with Crippen LogP contribution in [0, 0.1) is 0 Å². The van der Waals surface area contributed by atoms with Crippen molar-refractivity contribution >= 4 is 0 Å². The van der Waals surface area contributed by atoms with Crippen LogP contribution in [0.25, 0.3) is 0 Å². The monoisotopic (exact) mass is 239 g/mol. The number of nitrogens with one attached hydrogen (secondary N) is 1. The quantitative estimate of drug-likeness (QED) is 0.790. The van der Waals surface area contributed by atoms with Crippen LogP contribution in [0.4, 0.5) is 13.2 Å². The molecule has 0 saturated heterocycles. The highest BCUT2D eigenvalue weighted by Gasteiger charge is 2.32. The zero-order valence-corrected chi connectivity index (χ0v) is 9.61. The van der Waals surface area contributed by atoms with Crippen molar-refractivity contribution in [3.8, 4) is 0 Å². The first-order valence-corrected chi connectivity index (χ1v) is 5.83. The standard InChI is InChI=1S/C11H20F3NO/c1-9(7-11(12,13)14)15-8-10(16)5-3-2-4-6-10/h9,15-16H,2-8H2,1H3. The van der Waals surface area contributed by atoms with Crippen molar-refractivity contribution in [1.29, 1.82) is 0 Å². The molecule has 5 heteroatoms. The summed E-state index contributed by atoms with van der Waals surface area (Å²) in [5.41, 5.74) is -0.794. The molecule has 2 N–H and O–H groups in total. The maximum atomic E-state index is 12.1. The van der Waals surface area contributed by atoms with E-state index >= 15 is 0 Å². The smallest absolute Gasteiger partial charge is 0.389 e. The Morgan fingerprint density at radius 3 is 2.31 bits per heavy atom. The van der Waals surface area contributed by atoms with Crippen LogP contribution in [0.5, 0.6) is 0 Å². The highest BCUT2D eigenvalue weighted by molar-refractivity contribution is 4.85. The largest absolute Gasteiger partial charge is 0.390 e. The van der Waals surface area contributed by atoms with E-state index in [9.17, 15) is 18.3 Å². The highest BCUT2D eigenvalue weighted by atomic mass is 19.4. The fraction of sp³-hybridized carbons (Fsp3) is 1.00. The predicted molar refractivity (Wildman–Crippen MR) is 56.2 cm³/mol. The molecule has 16 heavy (non-hydrogen) atoms. The summed E-state index contributed by atoms with van der Waals surface area (Å²) in [6.45, 7) is 1.77. The van der Waals surface area contributed by atoms with E-state index in [1.165, 1.54) is 6.92 Å². The van der Waals surface area contributed by atoms with E-state index in [1.807, 2.05) is 0 Å². The van der Waals surface area contributed by atoms with E-state index in [2.05, 4.69) is 5.32 Å². The molecule has 1 atom stereocenters. The maximum Gasteiger partial charge on any atom is 0.390 e. The average Bonchev–Trinajstić information content (AvgIpc) is 2.14. The predicted octanol–water partition coefficient (Wildman–Crippen LogP) is 2.61. The molecule has 0 aromatic heterocycles. The van der Waals surface area contributed by atoms with Gasteiger partial charge in [0, 0.05) is 12.6 Å². The van der Waals surface area contributed by atoms with Gasteiger partial charge in [-0.25, -0.2) is 0 Å². The van der Waals surface area contributed by atoms with Gasteiger partial charge in [-0.3, -0.25) is 0 Å². The normalized spacial score (nSPS) is 23.1. The van der Waals surface area contributed by atoms with Crippen molar-refractivity contribution in [2.75, 3.05) is 6.54 Å². The van der Waals surface area contributed by atoms with E-state index in [0.717, 1.165) is 19.3 Å². The Hall–Kier alpha value is -0.290. The molecule has 1 aliphatic carbocycles. The van der Waals surface area contributed by atoms with Crippen LogP contribution in [0.15, 0.2) is 0 Å². The molecule has 2 nitrogen and oxygen atoms in total. The Morgan fingerprint density at radius 2 is 1.81 bits per heavy atom. The van der Waals surface area contributed by atoms with Crippen LogP contribution >= 0.6 is 0 Å². The van der Waals surface area contributed by atoms with Crippen molar-refractivity contribution < 1.29 is 18.3 Å². The molecule has 0 radical (unpaired) electrons. The summed E-state index contributed by atoms with van der Waals surface area (Å²) in [4.78, 5) is 0. The van der Waals surface area contributed by atoms with E-state index in [4.69, 9.17) is 0 Å². The number of hydrogen-bond acceptors (Lipinski definition) is 2. The van der Waals surface area contributed by atoms with Crippen LogP contribution in [0.3, 0.4) is 0 Å². The van der Waals surface area contributed by atoms with Crippen LogP contribution in [0.2, 0.25) is 0 Å². The zero-order valence-electron chi connectivity index (χ0n) is 9.61. The summed E-state index contributed by atoms with van der Waals surface area (Å²) in [7, 11) is 0. The maximum absolute atomic E-state index is 12.1. The summed E-state index contributed by atoms with van der Waals surface area (Å²) in [5.74, 6) is 0. The molecule has 96 valence electrons. The fourth-order valence-corrected chi connectivity index (χ4v) is 2.17. The van der Waals surface area contributed by atoms with Gasteiger partial charge in [0.15, 0.2) is 0 Å². The number of hydrogen-bond donors (Lipinski definition) is 2. The van der Waals surface area contributed by atoms with E-state index in [1.54, 1.807) is 0 Å². The Kier molecular flexibility index (Phi) is 4.62. The minimum Gasteiger partial charge on any atom is -0.389 e. The summed E-state index contributed by atoms with van der Waals surface area (Å²) in [6, 6.07) is -0.633. The van der Waals surface area contributed by atoms with Crippen molar-refractivity contribution in [3.63, 3.8) is 0 Å². The zero-order chi connectivity index (χ0) is 12.2. The van der Waals surface area contributed by atoms with Gasteiger partial charge in [0.05, 0.1) is 12.0 Å². The summed E-state index contributed by atoms with van der Waals surface area (Å²) in [6.07, 6.45) is -0.555. The van der Waals surface area contributed by atoms with Gasteiger partial charge in [-0.1, -0.05) is 19.3 Å². The Balaban J connectivity index is 2.27. The molecule has 1 fully saturated rings. The lowest BCUT2D eigenvalue weighted by molar-refractivity contribution is -0.139. The van der Waals surface area contributed by atoms with E-state index < -0.39 is 24.2 Å². The van der Waals surface area contributed by atoms with Gasteiger partial charge in [0.1, 0.15) is 0 Å². The number of rotatable bonds is 4. The molecule has 1 rings (SSSR count). The van der Waals surface area contributed by atoms with Gasteiger partial charge in [-0.15, -0.1) is 0 Å². The number of halogens is 3. The lowest BCUT2D eigenvalue weighted by Crippen LogP contribution is -2.45. The van der Waals surface area contributed by atoms with Crippen molar-refractivity contribution in [2.45, 2.75) is 63.3 Å². The fourth-order valence-electron chi connectivity index (χ4n) is 2.17. The SMILES string of the molecule is CC(CC(F)(F)F)NCC1(O)CCCCC1. The second-order valence-electron chi connectivity index (χ2n) is 4.89. The second-order valence-corrected chi connectivity index (χ2v) is 4.89. The minimum atomic E-state index is -4.14. The first kappa shape index (κ1) is 13.8. The first-order chi connectivity index (χ1) is 7.31. The van der Waals surface area contributed by atoms with Gasteiger partial charge in [0.25, 0.3) is 0 Å². The third-order valence-electron chi connectivity index (χ3n) is 3.10. The summed E-state index contributed by atoms with van der Waals surface area (Å²) >= 11 is 0. The van der Waals surface area contributed by atoms with Crippen molar-refractivity contribution in [1.82, 2.24) is 5.32 Å². The molecule has 0 aromatic rings. The Labute approximate surface area is 94.2 Å². The van der Waals surface area contributed by atoms with Crippen LogP contribution in [-0.2, 0) is 0 Å². The molecule has 0 spiro atoms. The number of alkyl halides is 3. The highest BCUT2D eigenvalue weighted by Crippen LogP contribution is 2.28. The molecule has 0 heterocycles. The van der Waals surface area contributed by atoms with Crippen LogP contribution in [-0.4, -0.2) is 29.5 Å². The molecule has 1 saturated carbocycles. The third kappa shape index (κ3) is 5.16. The topological polar surface area (TPSA) is 32.3 Å². The Morgan fingerprint density at radius 1 is 1.25 bits per heavy atom. The summed E-state index contributed by atoms with van der Waals surface area (Å²) < 4.78 is 36.2. The van der Waals surface area contributed by atoms with Gasteiger partial charge in [-0.05, 0) is 19.8 Å². The molecule has 1 aliphatic rings. The van der Waals surface area contributed by atoms with Crippen LogP contribution in [0.1, 0.15) is 45.4 Å². The lowest BCUT2D eigenvalue weighted by atomic mass is 9.85. The molecule has 0 aliphatic heterocycles.